The van der Waals surface area contributed by atoms with Gasteiger partial charge in [-0.15, -0.1) is 0 Å². The third-order valence-electron chi connectivity index (χ3n) is 5.20. The molecule has 1 atom stereocenters. The quantitative estimate of drug-likeness (QED) is 0.445. The maximum Gasteiger partial charge on any atom is 0.166 e. The zero-order chi connectivity index (χ0) is 22.8. The van der Waals surface area contributed by atoms with Crippen LogP contribution in [0.4, 0.5) is 14.6 Å². The Morgan fingerprint density at radius 2 is 1.94 bits per heavy atom. The Morgan fingerprint density at radius 1 is 1.12 bits per heavy atom. The molecule has 0 saturated heterocycles. The second kappa shape index (κ2) is 8.70. The number of aliphatic imine (C=N–C) groups is 1. The van der Waals surface area contributed by atoms with Gasteiger partial charge in [0.1, 0.15) is 17.7 Å². The van der Waals surface area contributed by atoms with E-state index in [0.29, 0.717) is 51.7 Å². The summed E-state index contributed by atoms with van der Waals surface area (Å²) in [5.41, 5.74) is 9.69. The van der Waals surface area contributed by atoms with Crippen molar-refractivity contribution in [2.24, 2.45) is 15.9 Å². The molecule has 1 aliphatic heterocycles. The first-order valence-electron chi connectivity index (χ1n) is 10.1. The van der Waals surface area contributed by atoms with Crippen molar-refractivity contribution in [3.63, 3.8) is 0 Å². The molecule has 4 N–H and O–H groups in total. The number of aromatic nitrogens is 2. The highest BCUT2D eigenvalue weighted by Crippen LogP contribution is 2.35. The number of hydrazone groups is 1. The van der Waals surface area contributed by atoms with Gasteiger partial charge < -0.3 is 16.3 Å². The number of anilines is 1. The molecule has 0 saturated carbocycles. The summed E-state index contributed by atoms with van der Waals surface area (Å²) in [4.78, 5) is 13.1. The highest BCUT2D eigenvalue weighted by Gasteiger charge is 2.24. The van der Waals surface area contributed by atoms with Gasteiger partial charge in [-0.1, -0.05) is 0 Å². The minimum absolute atomic E-state index is 0.154. The summed E-state index contributed by atoms with van der Waals surface area (Å²) in [6, 6.07) is 7.36. The first kappa shape index (κ1) is 21.4. The van der Waals surface area contributed by atoms with Gasteiger partial charge in [0.25, 0.3) is 0 Å². The Kier molecular flexibility index (Phi) is 5.81. The van der Waals surface area contributed by atoms with Crippen LogP contribution in [0.25, 0.3) is 11.3 Å². The van der Waals surface area contributed by atoms with Crippen molar-refractivity contribution in [2.45, 2.75) is 26.4 Å². The highest BCUT2D eigenvalue weighted by molar-refractivity contribution is 6.48. The molecule has 1 aliphatic rings. The van der Waals surface area contributed by atoms with E-state index in [1.54, 1.807) is 25.3 Å². The van der Waals surface area contributed by atoms with Crippen LogP contribution in [-0.4, -0.2) is 27.9 Å². The molecule has 0 amide bonds. The van der Waals surface area contributed by atoms with Gasteiger partial charge in [-0.2, -0.15) is 5.10 Å². The van der Waals surface area contributed by atoms with E-state index in [9.17, 15) is 8.78 Å². The molecule has 9 heteroatoms. The van der Waals surface area contributed by atoms with Crippen molar-refractivity contribution in [3.05, 3.63) is 71.1 Å². The molecule has 1 aromatic carbocycles. The first-order chi connectivity index (χ1) is 15.4. The zero-order valence-corrected chi connectivity index (χ0v) is 17.6. The lowest BCUT2D eigenvalue weighted by molar-refractivity contribution is 0.227. The molecule has 0 spiro atoms. The molecule has 2 aromatic heterocycles. The maximum atomic E-state index is 14.2. The molecule has 7 nitrogen and oxygen atoms in total. The average Bonchev–Trinajstić information content (AvgIpc) is 2.77. The number of halogens is 2. The van der Waals surface area contributed by atoms with Gasteiger partial charge in [-0.25, -0.2) is 13.8 Å². The number of nitrogens with zero attached hydrogens (tertiary/aromatic N) is 4. The third-order valence-corrected chi connectivity index (χ3v) is 5.20. The van der Waals surface area contributed by atoms with Crippen molar-refractivity contribution in [2.75, 3.05) is 12.3 Å². The van der Waals surface area contributed by atoms with E-state index in [4.69, 9.17) is 16.3 Å². The largest absolute Gasteiger partial charge is 0.482 e. The van der Waals surface area contributed by atoms with Crippen LogP contribution in [0.2, 0.25) is 0 Å². The number of benzene rings is 1. The Morgan fingerprint density at radius 3 is 2.69 bits per heavy atom. The number of nitrogen functional groups attached to an aromatic ring is 1. The minimum Gasteiger partial charge on any atom is -0.482 e. The first-order valence-corrected chi connectivity index (χ1v) is 10.1. The lowest BCUT2D eigenvalue weighted by atomic mass is 9.93. The van der Waals surface area contributed by atoms with E-state index in [1.165, 1.54) is 18.2 Å². The topological polar surface area (TPSA) is 112 Å². The molecule has 32 heavy (non-hydrogen) atoms. The molecule has 164 valence electrons. The molecule has 2 bridgehead atoms. The second-order valence-corrected chi connectivity index (χ2v) is 7.34. The molecular weight excluding hydrogens is 414 g/mol. The van der Waals surface area contributed by atoms with Gasteiger partial charge in [0.2, 0.25) is 0 Å². The van der Waals surface area contributed by atoms with Crippen LogP contribution in [0, 0.1) is 11.6 Å². The Labute approximate surface area is 183 Å². The summed E-state index contributed by atoms with van der Waals surface area (Å²) in [7, 11) is 0. The normalized spacial score (nSPS) is 18.3. The van der Waals surface area contributed by atoms with Crippen LogP contribution in [0.3, 0.4) is 0 Å². The van der Waals surface area contributed by atoms with Gasteiger partial charge in [-0.3, -0.25) is 9.98 Å². The number of fused-ring (bicyclic) bond motifs is 5. The molecule has 0 fully saturated rings. The van der Waals surface area contributed by atoms with Crippen LogP contribution in [0.15, 0.2) is 52.8 Å². The summed E-state index contributed by atoms with van der Waals surface area (Å²) >= 11 is 0. The maximum absolute atomic E-state index is 14.2. The van der Waals surface area contributed by atoms with Crippen molar-refractivity contribution in [1.29, 1.82) is 0 Å². The van der Waals surface area contributed by atoms with E-state index in [1.807, 2.05) is 6.92 Å². The molecule has 4 rings (SSSR count). The summed E-state index contributed by atoms with van der Waals surface area (Å²) in [5, 5.41) is 3.94. The van der Waals surface area contributed by atoms with Gasteiger partial charge >= 0.3 is 0 Å². The summed E-state index contributed by atoms with van der Waals surface area (Å²) in [6.07, 6.45) is 2.22. The van der Waals surface area contributed by atoms with Gasteiger partial charge in [0.05, 0.1) is 23.3 Å². The number of ether oxygens (including phenoxy) is 1. The SMILES string of the molecule is CCN=C1C(=NN)Cc2cc(F)cnc2-c2ccc(F)cc2C(C)Oc2cc1cnc2N. The van der Waals surface area contributed by atoms with Gasteiger partial charge in [0.15, 0.2) is 11.6 Å². The van der Waals surface area contributed by atoms with Crippen LogP contribution in [0.1, 0.15) is 36.6 Å². The van der Waals surface area contributed by atoms with E-state index in [-0.39, 0.29) is 12.2 Å². The average molecular weight is 436 g/mol. The Bertz CT molecular complexity index is 1240. The molecule has 3 aromatic rings. The highest BCUT2D eigenvalue weighted by atomic mass is 19.1. The standard InChI is InChI=1S/C23H22F2N6O/c1-3-28-22-14-8-20(23(26)30-10-14)32-12(2)18-9-15(24)4-5-17(18)21-13(7-19(22)31-27)6-16(25)11-29-21/h4-6,8-12H,3,7,27H2,1-2H3,(H2,26,30). The fraction of sp³-hybridized carbons (Fsp3) is 0.217. The van der Waals surface area contributed by atoms with Crippen LogP contribution < -0.4 is 16.3 Å². The van der Waals surface area contributed by atoms with Gasteiger partial charge in [-0.05, 0) is 49.7 Å². The van der Waals surface area contributed by atoms with E-state index in [0.717, 1.165) is 6.20 Å². The third kappa shape index (κ3) is 4.01. The predicted octanol–water partition coefficient (Wildman–Crippen LogP) is 3.82. The molecule has 1 unspecified atom stereocenters. The van der Waals surface area contributed by atoms with Crippen molar-refractivity contribution in [3.8, 4) is 17.0 Å². The van der Waals surface area contributed by atoms with Crippen LogP contribution in [0.5, 0.6) is 5.75 Å². The molecule has 3 heterocycles. The lowest BCUT2D eigenvalue weighted by Gasteiger charge is -2.22. The van der Waals surface area contributed by atoms with Crippen molar-refractivity contribution in [1.82, 2.24) is 9.97 Å². The molecular formula is C23H22F2N6O. The van der Waals surface area contributed by atoms with E-state index >= 15 is 0 Å². The summed E-state index contributed by atoms with van der Waals surface area (Å²) in [5.74, 6) is 5.29. The van der Waals surface area contributed by atoms with Gasteiger partial charge in [0, 0.05) is 35.9 Å². The monoisotopic (exact) mass is 436 g/mol. The zero-order valence-electron chi connectivity index (χ0n) is 17.6. The fourth-order valence-corrected chi connectivity index (χ4v) is 3.76. The number of hydrogen-bond donors (Lipinski definition) is 2. The Balaban J connectivity index is 2.02. The molecule has 0 radical (unpaired) electrons. The van der Waals surface area contributed by atoms with Crippen LogP contribution >= 0.6 is 0 Å². The second-order valence-electron chi connectivity index (χ2n) is 7.34. The van der Waals surface area contributed by atoms with Crippen molar-refractivity contribution >= 4 is 17.2 Å². The Hall–Kier alpha value is -3.88. The van der Waals surface area contributed by atoms with Crippen molar-refractivity contribution < 1.29 is 13.5 Å². The van der Waals surface area contributed by atoms with E-state index < -0.39 is 17.7 Å². The summed E-state index contributed by atoms with van der Waals surface area (Å²) in [6.45, 7) is 4.11. The fourth-order valence-electron chi connectivity index (χ4n) is 3.76. The summed E-state index contributed by atoms with van der Waals surface area (Å²) < 4.78 is 34.5. The lowest BCUT2D eigenvalue weighted by Crippen LogP contribution is -2.22. The molecule has 0 aliphatic carbocycles. The number of pyridine rings is 2. The minimum atomic E-state index is -0.603. The number of rotatable bonds is 1. The predicted molar refractivity (Wildman–Crippen MR) is 120 cm³/mol. The van der Waals surface area contributed by atoms with Crippen LogP contribution in [-0.2, 0) is 6.42 Å². The number of hydrogen-bond acceptors (Lipinski definition) is 7. The smallest absolute Gasteiger partial charge is 0.166 e. The number of nitrogens with two attached hydrogens (primary N) is 2. The van der Waals surface area contributed by atoms with E-state index in [2.05, 4.69) is 20.1 Å².